The molecule has 0 aliphatic rings. The van der Waals surface area contributed by atoms with E-state index in [1.54, 1.807) is 30.9 Å². The summed E-state index contributed by atoms with van der Waals surface area (Å²) in [4.78, 5) is 26.8. The molecule has 23 heavy (non-hydrogen) atoms. The third kappa shape index (κ3) is 4.37. The lowest BCUT2D eigenvalue weighted by Gasteiger charge is -2.07. The van der Waals surface area contributed by atoms with Crippen LogP contribution in [0.5, 0.6) is 5.75 Å². The topological polar surface area (TPSA) is 92.8 Å². The number of anilines is 1. The molecule has 7 nitrogen and oxygen atoms in total. The van der Waals surface area contributed by atoms with Gasteiger partial charge in [0.05, 0.1) is 0 Å². The molecule has 1 aromatic carbocycles. The number of benzene rings is 1. The van der Waals surface area contributed by atoms with Crippen molar-refractivity contribution in [2.45, 2.75) is 6.42 Å². The van der Waals surface area contributed by atoms with Gasteiger partial charge in [0, 0.05) is 31.2 Å². The molecule has 0 aliphatic heterocycles. The number of aromatic nitrogens is 4. The van der Waals surface area contributed by atoms with E-state index in [9.17, 15) is 4.79 Å². The lowest BCUT2D eigenvalue weighted by molar-refractivity contribution is -0.118. The molecule has 7 heteroatoms. The van der Waals surface area contributed by atoms with Crippen molar-refractivity contribution in [3.63, 3.8) is 0 Å². The van der Waals surface area contributed by atoms with Gasteiger partial charge in [0.15, 0.2) is 6.61 Å². The second kappa shape index (κ2) is 7.17. The monoisotopic (exact) mass is 309 g/mol. The quantitative estimate of drug-likeness (QED) is 0.724. The first-order chi connectivity index (χ1) is 11.3. The Labute approximate surface area is 132 Å². The van der Waals surface area contributed by atoms with Crippen LogP contribution < -0.4 is 10.1 Å². The van der Waals surface area contributed by atoms with Gasteiger partial charge in [0.2, 0.25) is 5.95 Å². The van der Waals surface area contributed by atoms with Crippen molar-refractivity contribution in [3.05, 3.63) is 66.5 Å². The maximum atomic E-state index is 11.7. The van der Waals surface area contributed by atoms with Crippen LogP contribution in [0.2, 0.25) is 0 Å². The van der Waals surface area contributed by atoms with Gasteiger partial charge in [-0.2, -0.15) is 0 Å². The van der Waals surface area contributed by atoms with Crippen LogP contribution in [0.4, 0.5) is 5.95 Å². The van der Waals surface area contributed by atoms with Crippen LogP contribution in [0, 0.1) is 0 Å². The van der Waals surface area contributed by atoms with E-state index in [0.29, 0.717) is 5.75 Å². The molecule has 1 amide bonds. The number of imidazole rings is 1. The maximum absolute atomic E-state index is 11.7. The van der Waals surface area contributed by atoms with Crippen LogP contribution >= 0.6 is 0 Å². The predicted molar refractivity (Wildman–Crippen MR) is 84.0 cm³/mol. The largest absolute Gasteiger partial charge is 0.484 e. The fourth-order valence-corrected chi connectivity index (χ4v) is 1.96. The van der Waals surface area contributed by atoms with E-state index < -0.39 is 0 Å². The summed E-state index contributed by atoms with van der Waals surface area (Å²) in [5.74, 6) is 1.48. The van der Waals surface area contributed by atoms with Crippen molar-refractivity contribution in [2.75, 3.05) is 11.9 Å². The van der Waals surface area contributed by atoms with Crippen molar-refractivity contribution < 1.29 is 9.53 Å². The fraction of sp³-hybridized carbons (Fsp3) is 0.125. The van der Waals surface area contributed by atoms with Gasteiger partial charge in [-0.3, -0.25) is 10.1 Å². The number of nitrogens with one attached hydrogen (secondary N) is 2. The SMILES string of the molecule is O=C(COc1ccc(Cc2ncc[nH]2)cc1)Nc1ncccn1. The molecule has 3 rings (SSSR count). The van der Waals surface area contributed by atoms with Gasteiger partial charge in [-0.15, -0.1) is 0 Å². The smallest absolute Gasteiger partial charge is 0.264 e. The summed E-state index contributed by atoms with van der Waals surface area (Å²) in [6, 6.07) is 9.21. The van der Waals surface area contributed by atoms with Crippen molar-refractivity contribution in [3.8, 4) is 5.75 Å². The third-order valence-corrected chi connectivity index (χ3v) is 3.04. The number of carbonyl (C=O) groups is 1. The van der Waals surface area contributed by atoms with Crippen molar-refractivity contribution >= 4 is 11.9 Å². The molecular formula is C16H15N5O2. The summed E-state index contributed by atoms with van der Waals surface area (Å²) in [7, 11) is 0. The number of hydrogen-bond donors (Lipinski definition) is 2. The second-order valence-electron chi connectivity index (χ2n) is 4.77. The molecule has 0 unspecified atom stereocenters. The lowest BCUT2D eigenvalue weighted by atomic mass is 10.1. The maximum Gasteiger partial charge on any atom is 0.264 e. The molecule has 116 valence electrons. The predicted octanol–water partition coefficient (Wildman–Crippen LogP) is 1.81. The van der Waals surface area contributed by atoms with E-state index in [1.165, 1.54) is 0 Å². The summed E-state index contributed by atoms with van der Waals surface area (Å²) >= 11 is 0. The van der Waals surface area contributed by atoms with Gasteiger partial charge >= 0.3 is 0 Å². The summed E-state index contributed by atoms with van der Waals surface area (Å²) < 4.78 is 5.44. The number of carbonyl (C=O) groups excluding carboxylic acids is 1. The third-order valence-electron chi connectivity index (χ3n) is 3.04. The zero-order valence-corrected chi connectivity index (χ0v) is 12.3. The Kier molecular flexibility index (Phi) is 4.58. The molecule has 3 aromatic rings. The van der Waals surface area contributed by atoms with Crippen LogP contribution in [0.15, 0.2) is 55.1 Å². The summed E-state index contributed by atoms with van der Waals surface area (Å²) in [6.45, 7) is -0.101. The van der Waals surface area contributed by atoms with Gasteiger partial charge in [-0.05, 0) is 23.8 Å². The second-order valence-corrected chi connectivity index (χ2v) is 4.77. The molecule has 0 spiro atoms. The van der Waals surface area contributed by atoms with E-state index in [1.807, 2.05) is 24.3 Å². The van der Waals surface area contributed by atoms with Crippen LogP contribution in [-0.2, 0) is 11.2 Å². The minimum Gasteiger partial charge on any atom is -0.484 e. The molecule has 2 heterocycles. The average Bonchev–Trinajstić information content (AvgIpc) is 3.08. The number of H-pyrrole nitrogens is 1. The summed E-state index contributed by atoms with van der Waals surface area (Å²) in [5, 5.41) is 2.55. The first kappa shape index (κ1) is 14.7. The molecule has 0 saturated heterocycles. The number of hydrogen-bond acceptors (Lipinski definition) is 5. The summed E-state index contributed by atoms with van der Waals surface area (Å²) in [5.41, 5.74) is 1.11. The Morgan fingerprint density at radius 1 is 1.09 bits per heavy atom. The van der Waals surface area contributed by atoms with E-state index in [0.717, 1.165) is 17.8 Å². The van der Waals surface area contributed by atoms with Crippen molar-refractivity contribution in [1.82, 2.24) is 19.9 Å². The molecule has 2 aromatic heterocycles. The Morgan fingerprint density at radius 2 is 1.87 bits per heavy atom. The average molecular weight is 309 g/mol. The van der Waals surface area contributed by atoms with Crippen LogP contribution in [0.1, 0.15) is 11.4 Å². The molecule has 0 fully saturated rings. The first-order valence-electron chi connectivity index (χ1n) is 7.06. The minimum absolute atomic E-state index is 0.101. The number of aromatic amines is 1. The van der Waals surface area contributed by atoms with E-state index in [2.05, 4.69) is 25.3 Å². The van der Waals surface area contributed by atoms with Crippen LogP contribution in [0.3, 0.4) is 0 Å². The highest BCUT2D eigenvalue weighted by atomic mass is 16.5. The molecule has 0 saturated carbocycles. The van der Waals surface area contributed by atoms with Gasteiger partial charge in [0.1, 0.15) is 11.6 Å². The van der Waals surface area contributed by atoms with Gasteiger partial charge in [-0.1, -0.05) is 12.1 Å². The highest BCUT2D eigenvalue weighted by Gasteiger charge is 2.05. The number of ether oxygens (including phenoxy) is 1. The Bertz CT molecular complexity index is 742. The summed E-state index contributed by atoms with van der Waals surface area (Å²) in [6.07, 6.45) is 7.35. The fourth-order valence-electron chi connectivity index (χ4n) is 1.96. The van der Waals surface area contributed by atoms with Gasteiger partial charge in [0.25, 0.3) is 5.91 Å². The molecule has 0 atom stereocenters. The van der Waals surface area contributed by atoms with Crippen molar-refractivity contribution in [2.24, 2.45) is 0 Å². The Hall–Kier alpha value is -3.22. The first-order valence-corrected chi connectivity index (χ1v) is 7.06. The molecule has 0 radical (unpaired) electrons. The van der Waals surface area contributed by atoms with Gasteiger partial charge in [-0.25, -0.2) is 15.0 Å². The van der Waals surface area contributed by atoms with Crippen molar-refractivity contribution in [1.29, 1.82) is 0 Å². The number of amides is 1. The number of rotatable bonds is 6. The minimum atomic E-state index is -0.309. The van der Waals surface area contributed by atoms with E-state index >= 15 is 0 Å². The number of nitrogens with zero attached hydrogens (tertiary/aromatic N) is 3. The molecule has 0 bridgehead atoms. The van der Waals surface area contributed by atoms with E-state index in [4.69, 9.17) is 4.74 Å². The Morgan fingerprint density at radius 3 is 2.57 bits per heavy atom. The molecule has 0 aliphatic carbocycles. The molecular weight excluding hydrogens is 294 g/mol. The zero-order chi connectivity index (χ0) is 15.9. The highest BCUT2D eigenvalue weighted by Crippen LogP contribution is 2.14. The normalized spacial score (nSPS) is 10.3. The van der Waals surface area contributed by atoms with Crippen LogP contribution in [0.25, 0.3) is 0 Å². The highest BCUT2D eigenvalue weighted by molar-refractivity contribution is 5.90. The van der Waals surface area contributed by atoms with Gasteiger partial charge < -0.3 is 9.72 Å². The lowest BCUT2D eigenvalue weighted by Crippen LogP contribution is -2.21. The molecule has 2 N–H and O–H groups in total. The zero-order valence-electron chi connectivity index (χ0n) is 12.3. The standard InChI is InChI=1S/C16H15N5O2/c22-15(21-16-19-6-1-7-20-16)11-23-13-4-2-12(3-5-13)10-14-17-8-9-18-14/h1-9H,10-11H2,(H,17,18)(H,19,20,21,22). The van der Waals surface area contributed by atoms with Crippen LogP contribution in [-0.4, -0.2) is 32.4 Å². The Balaban J connectivity index is 1.49. The van der Waals surface area contributed by atoms with E-state index in [-0.39, 0.29) is 18.5 Å².